The number of aliphatic hydroxyl groups is 1. The van der Waals surface area contributed by atoms with Crippen molar-refractivity contribution in [2.24, 2.45) is 4.99 Å². The summed E-state index contributed by atoms with van der Waals surface area (Å²) in [7, 11) is 3.30. The lowest BCUT2D eigenvalue weighted by Crippen LogP contribution is -2.39. The Balaban J connectivity index is 0.00000512. The molecule has 0 aliphatic rings. The van der Waals surface area contributed by atoms with Crippen molar-refractivity contribution in [3.8, 4) is 11.5 Å². The summed E-state index contributed by atoms with van der Waals surface area (Å²) in [5.74, 6) is 2.19. The van der Waals surface area contributed by atoms with Crippen LogP contribution < -0.4 is 20.1 Å². The first-order valence-electron chi connectivity index (χ1n) is 10.6. The number of halogens is 1. The predicted octanol–water partition coefficient (Wildman–Crippen LogP) is 3.83. The third kappa shape index (κ3) is 9.62. The zero-order chi connectivity index (χ0) is 22.5. The van der Waals surface area contributed by atoms with Gasteiger partial charge in [-0.15, -0.1) is 24.0 Å². The van der Waals surface area contributed by atoms with Crippen molar-refractivity contribution >= 4 is 29.9 Å². The Bertz CT molecular complexity index is 833. The Kier molecular flexibility index (Phi) is 13.7. The van der Waals surface area contributed by atoms with Gasteiger partial charge in [0.15, 0.2) is 5.96 Å². The van der Waals surface area contributed by atoms with Gasteiger partial charge in [-0.1, -0.05) is 24.3 Å². The maximum atomic E-state index is 10.5. The molecule has 1 atom stereocenters. The molecule has 0 aliphatic heterocycles. The molecule has 2 aromatic rings. The van der Waals surface area contributed by atoms with Crippen LogP contribution in [0.4, 0.5) is 0 Å². The van der Waals surface area contributed by atoms with Crippen molar-refractivity contribution in [2.75, 3.05) is 40.5 Å². The lowest BCUT2D eigenvalue weighted by atomic mass is 10.1. The van der Waals surface area contributed by atoms with Crippen LogP contribution in [0.15, 0.2) is 47.5 Å². The van der Waals surface area contributed by atoms with E-state index in [9.17, 15) is 5.11 Å². The van der Waals surface area contributed by atoms with Crippen molar-refractivity contribution in [1.82, 2.24) is 10.6 Å². The number of ether oxygens (including phenoxy) is 3. The smallest absolute Gasteiger partial charge is 0.191 e. The third-order valence-electron chi connectivity index (χ3n) is 4.67. The van der Waals surface area contributed by atoms with Crippen LogP contribution in [0.1, 0.15) is 36.1 Å². The summed E-state index contributed by atoms with van der Waals surface area (Å²) in [4.78, 5) is 4.67. The summed E-state index contributed by atoms with van der Waals surface area (Å²) in [5.41, 5.74) is 2.93. The van der Waals surface area contributed by atoms with E-state index in [4.69, 9.17) is 14.2 Å². The zero-order valence-electron chi connectivity index (χ0n) is 19.4. The highest BCUT2D eigenvalue weighted by molar-refractivity contribution is 14.0. The number of rotatable bonds is 12. The standard InChI is InChI=1S/C24H35N3O4.HI/c1-5-25-24(27-17-22(28)19-8-6-9-21(15-19)30-4)26-16-20-11-10-18(2)14-23(20)31-13-7-12-29-3;/h6,8-11,14-15,22,28H,5,7,12-13,16-17H2,1-4H3,(H2,25,26,27);1H. The summed E-state index contributed by atoms with van der Waals surface area (Å²) in [5, 5.41) is 17.0. The van der Waals surface area contributed by atoms with Crippen LogP contribution in [-0.2, 0) is 11.3 Å². The van der Waals surface area contributed by atoms with E-state index < -0.39 is 6.10 Å². The molecule has 8 heteroatoms. The van der Waals surface area contributed by atoms with E-state index in [1.165, 1.54) is 0 Å². The number of methoxy groups -OCH3 is 2. The summed E-state index contributed by atoms with van der Waals surface area (Å²) < 4.78 is 16.3. The van der Waals surface area contributed by atoms with E-state index in [-0.39, 0.29) is 24.0 Å². The quantitative estimate of drug-likeness (QED) is 0.159. The van der Waals surface area contributed by atoms with E-state index in [1.807, 2.05) is 50.2 Å². The Morgan fingerprint density at radius 2 is 1.91 bits per heavy atom. The van der Waals surface area contributed by atoms with E-state index >= 15 is 0 Å². The van der Waals surface area contributed by atoms with E-state index in [2.05, 4.69) is 21.7 Å². The fourth-order valence-electron chi connectivity index (χ4n) is 2.98. The molecule has 0 fully saturated rings. The maximum absolute atomic E-state index is 10.5. The average Bonchev–Trinajstić information content (AvgIpc) is 2.79. The van der Waals surface area contributed by atoms with Crippen molar-refractivity contribution in [2.45, 2.75) is 32.9 Å². The molecule has 2 rings (SSSR count). The molecule has 0 spiro atoms. The average molecular weight is 557 g/mol. The molecule has 0 amide bonds. The lowest BCUT2D eigenvalue weighted by molar-refractivity contribution is 0.172. The van der Waals surface area contributed by atoms with Gasteiger partial charge in [-0.25, -0.2) is 4.99 Å². The topological polar surface area (TPSA) is 84.3 Å². The fraction of sp³-hybridized carbons (Fsp3) is 0.458. The van der Waals surface area contributed by atoms with Crippen molar-refractivity contribution in [3.05, 3.63) is 59.2 Å². The van der Waals surface area contributed by atoms with Crippen molar-refractivity contribution in [3.63, 3.8) is 0 Å². The number of hydrogen-bond donors (Lipinski definition) is 3. The molecule has 3 N–H and O–H groups in total. The summed E-state index contributed by atoms with van der Waals surface area (Å²) >= 11 is 0. The molecule has 0 saturated carbocycles. The first kappa shape index (κ1) is 28.0. The summed E-state index contributed by atoms with van der Waals surface area (Å²) in [6.45, 7) is 6.82. The van der Waals surface area contributed by atoms with Crippen LogP contribution in [0.3, 0.4) is 0 Å². The largest absolute Gasteiger partial charge is 0.497 e. The second-order valence-corrected chi connectivity index (χ2v) is 7.17. The van der Waals surface area contributed by atoms with Crippen LogP contribution >= 0.6 is 24.0 Å². The lowest BCUT2D eigenvalue weighted by Gasteiger charge is -2.16. The molecule has 2 aromatic carbocycles. The number of aryl methyl sites for hydroxylation is 1. The molecule has 0 heterocycles. The minimum absolute atomic E-state index is 0. The van der Waals surface area contributed by atoms with E-state index in [0.29, 0.717) is 32.3 Å². The summed E-state index contributed by atoms with van der Waals surface area (Å²) in [6, 6.07) is 13.5. The van der Waals surface area contributed by atoms with Gasteiger partial charge in [-0.2, -0.15) is 0 Å². The molecule has 0 bridgehead atoms. The number of hydrogen-bond acceptors (Lipinski definition) is 5. The molecule has 32 heavy (non-hydrogen) atoms. The predicted molar refractivity (Wildman–Crippen MR) is 139 cm³/mol. The van der Waals surface area contributed by atoms with Gasteiger partial charge in [-0.05, 0) is 43.2 Å². The van der Waals surface area contributed by atoms with Gasteiger partial charge in [-0.3, -0.25) is 0 Å². The fourth-order valence-corrected chi connectivity index (χ4v) is 2.98. The molecule has 178 valence electrons. The zero-order valence-corrected chi connectivity index (χ0v) is 21.7. The number of nitrogens with zero attached hydrogens (tertiary/aromatic N) is 1. The monoisotopic (exact) mass is 557 g/mol. The van der Waals surface area contributed by atoms with Gasteiger partial charge in [0.25, 0.3) is 0 Å². The number of aliphatic hydroxyl groups excluding tert-OH is 1. The van der Waals surface area contributed by atoms with Gasteiger partial charge in [0.05, 0.1) is 26.4 Å². The number of aliphatic imine (C=N–C) groups is 1. The highest BCUT2D eigenvalue weighted by atomic mass is 127. The Morgan fingerprint density at radius 3 is 2.62 bits per heavy atom. The Morgan fingerprint density at radius 1 is 1.09 bits per heavy atom. The molecule has 0 aliphatic carbocycles. The third-order valence-corrected chi connectivity index (χ3v) is 4.67. The van der Waals surface area contributed by atoms with Crippen LogP contribution in [0.5, 0.6) is 11.5 Å². The highest BCUT2D eigenvalue weighted by Crippen LogP contribution is 2.22. The molecular formula is C24H36IN3O4. The molecule has 0 aromatic heterocycles. The maximum Gasteiger partial charge on any atom is 0.191 e. The van der Waals surface area contributed by atoms with Crippen LogP contribution in [0, 0.1) is 6.92 Å². The first-order valence-corrected chi connectivity index (χ1v) is 10.6. The van der Waals surface area contributed by atoms with Crippen molar-refractivity contribution < 1.29 is 19.3 Å². The van der Waals surface area contributed by atoms with Gasteiger partial charge in [0.1, 0.15) is 11.5 Å². The number of nitrogens with one attached hydrogen (secondary N) is 2. The normalized spacial score (nSPS) is 12.0. The minimum atomic E-state index is -0.682. The van der Waals surface area contributed by atoms with Crippen LogP contribution in [0.25, 0.3) is 0 Å². The highest BCUT2D eigenvalue weighted by Gasteiger charge is 2.10. The van der Waals surface area contributed by atoms with E-state index in [0.717, 1.165) is 41.2 Å². The van der Waals surface area contributed by atoms with Gasteiger partial charge < -0.3 is 30.0 Å². The molecule has 0 radical (unpaired) electrons. The molecule has 0 saturated heterocycles. The summed E-state index contributed by atoms with van der Waals surface area (Å²) in [6.07, 6.45) is 0.150. The second kappa shape index (κ2) is 15.7. The van der Waals surface area contributed by atoms with Gasteiger partial charge >= 0.3 is 0 Å². The van der Waals surface area contributed by atoms with E-state index in [1.54, 1.807) is 14.2 Å². The number of guanidine groups is 1. The van der Waals surface area contributed by atoms with Crippen LogP contribution in [0.2, 0.25) is 0 Å². The SMILES string of the molecule is CCNC(=NCc1ccc(C)cc1OCCCOC)NCC(O)c1cccc(OC)c1.I. The van der Waals surface area contributed by atoms with Gasteiger partial charge in [0, 0.05) is 38.8 Å². The molecular weight excluding hydrogens is 521 g/mol. The van der Waals surface area contributed by atoms with Crippen molar-refractivity contribution in [1.29, 1.82) is 0 Å². The Hall–Kier alpha value is -2.04. The molecule has 7 nitrogen and oxygen atoms in total. The number of benzene rings is 2. The van der Waals surface area contributed by atoms with Crippen LogP contribution in [-0.4, -0.2) is 51.6 Å². The molecule has 1 unspecified atom stereocenters. The minimum Gasteiger partial charge on any atom is -0.497 e. The Labute approximate surface area is 208 Å². The van der Waals surface area contributed by atoms with Gasteiger partial charge in [0.2, 0.25) is 0 Å². The second-order valence-electron chi connectivity index (χ2n) is 7.17. The first-order chi connectivity index (χ1) is 15.1.